The van der Waals surface area contributed by atoms with Gasteiger partial charge in [0.15, 0.2) is 0 Å². The molecule has 0 radical (unpaired) electrons. The highest BCUT2D eigenvalue weighted by molar-refractivity contribution is 5.85. The fourth-order valence-electron chi connectivity index (χ4n) is 0.951. The van der Waals surface area contributed by atoms with E-state index in [1.54, 1.807) is 0 Å². The average Bonchev–Trinajstić information content (AvgIpc) is 2.10. The molecule has 3 nitrogen and oxygen atoms in total. The molecular weight excluding hydrogens is 174 g/mol. The van der Waals surface area contributed by atoms with Gasteiger partial charge < -0.3 is 5.73 Å². The van der Waals surface area contributed by atoms with Crippen LogP contribution in [0, 0.1) is 5.41 Å². The van der Waals surface area contributed by atoms with E-state index in [1.165, 1.54) is 0 Å². The molecule has 1 rings (SSSR count). The zero-order valence-corrected chi connectivity index (χ0v) is 8.56. The minimum absolute atomic E-state index is 0. The molecule has 0 bridgehead atoms. The number of nitrogen functional groups attached to an aromatic ring is 1. The lowest BCUT2D eigenvalue weighted by molar-refractivity contribution is 0.326. The minimum Gasteiger partial charge on any atom is -0.382 e. The molecule has 1 aromatic rings. The first-order valence-electron chi connectivity index (χ1n) is 3.76. The molecule has 1 aromatic heterocycles. The molecule has 0 aliphatic heterocycles. The molecule has 0 atom stereocenters. The normalized spacial score (nSPS) is 10.9. The van der Waals surface area contributed by atoms with Crippen LogP contribution >= 0.6 is 12.4 Å². The molecule has 0 amide bonds. The molecule has 0 fully saturated rings. The van der Waals surface area contributed by atoms with Crippen molar-refractivity contribution in [2.75, 3.05) is 5.73 Å². The number of aromatic nitrogens is 2. The quantitative estimate of drug-likeness (QED) is 0.734. The van der Waals surface area contributed by atoms with Gasteiger partial charge >= 0.3 is 0 Å². The molecular formula is C8H16ClN3. The maximum atomic E-state index is 5.47. The number of halogens is 1. The molecule has 0 aliphatic rings. The molecule has 0 saturated heterocycles. The summed E-state index contributed by atoms with van der Waals surface area (Å²) in [4.78, 5) is 0. The van der Waals surface area contributed by atoms with Crippen molar-refractivity contribution in [1.29, 1.82) is 0 Å². The number of rotatable bonds is 1. The molecule has 70 valence electrons. The fraction of sp³-hybridized carbons (Fsp3) is 0.625. The smallest absolute Gasteiger partial charge is 0.145 e. The number of hydrogen-bond acceptors (Lipinski definition) is 2. The largest absolute Gasteiger partial charge is 0.382 e. The Morgan fingerprint density at radius 1 is 1.50 bits per heavy atom. The molecule has 0 aromatic carbocycles. The summed E-state index contributed by atoms with van der Waals surface area (Å²) in [5.74, 6) is 0.592. The van der Waals surface area contributed by atoms with E-state index in [4.69, 9.17) is 5.73 Å². The van der Waals surface area contributed by atoms with Crippen LogP contribution in [-0.4, -0.2) is 9.78 Å². The monoisotopic (exact) mass is 189 g/mol. The lowest BCUT2D eigenvalue weighted by Gasteiger charge is -2.17. The van der Waals surface area contributed by atoms with E-state index in [2.05, 4.69) is 25.9 Å². The van der Waals surface area contributed by atoms with Crippen LogP contribution < -0.4 is 5.73 Å². The Kier molecular flexibility index (Phi) is 3.58. The van der Waals surface area contributed by atoms with Crippen molar-refractivity contribution in [3.8, 4) is 0 Å². The highest BCUT2D eigenvalue weighted by Crippen LogP contribution is 2.15. The van der Waals surface area contributed by atoms with Gasteiger partial charge in [0.25, 0.3) is 0 Å². The Morgan fingerprint density at radius 2 is 2.08 bits per heavy atom. The number of hydrogen-bond donors (Lipinski definition) is 1. The van der Waals surface area contributed by atoms with Gasteiger partial charge in [-0.05, 0) is 11.5 Å². The topological polar surface area (TPSA) is 43.8 Å². The Hall–Kier alpha value is -0.700. The van der Waals surface area contributed by atoms with Gasteiger partial charge in [0.2, 0.25) is 0 Å². The first-order chi connectivity index (χ1) is 4.97. The van der Waals surface area contributed by atoms with Crippen LogP contribution in [0.1, 0.15) is 20.8 Å². The van der Waals surface area contributed by atoms with E-state index in [1.807, 2.05) is 16.9 Å². The Morgan fingerprint density at radius 3 is 2.42 bits per heavy atom. The van der Waals surface area contributed by atoms with Crippen molar-refractivity contribution in [2.24, 2.45) is 5.41 Å². The molecule has 0 unspecified atom stereocenters. The summed E-state index contributed by atoms with van der Waals surface area (Å²) in [6, 6.07) is 1.81. The highest BCUT2D eigenvalue weighted by atomic mass is 35.5. The van der Waals surface area contributed by atoms with Crippen LogP contribution in [0.3, 0.4) is 0 Å². The van der Waals surface area contributed by atoms with Crippen molar-refractivity contribution in [2.45, 2.75) is 27.3 Å². The molecule has 0 aliphatic carbocycles. The second kappa shape index (κ2) is 3.81. The van der Waals surface area contributed by atoms with Crippen LogP contribution in [0.25, 0.3) is 0 Å². The van der Waals surface area contributed by atoms with Crippen LogP contribution in [0.2, 0.25) is 0 Å². The molecule has 0 saturated carbocycles. The van der Waals surface area contributed by atoms with E-state index in [0.29, 0.717) is 5.82 Å². The first kappa shape index (κ1) is 11.3. The van der Waals surface area contributed by atoms with Crippen LogP contribution in [0.4, 0.5) is 5.82 Å². The summed E-state index contributed by atoms with van der Waals surface area (Å²) < 4.78 is 1.87. The zero-order chi connectivity index (χ0) is 8.48. The second-order valence-corrected chi connectivity index (χ2v) is 4.00. The van der Waals surface area contributed by atoms with Crippen molar-refractivity contribution in [3.05, 3.63) is 12.3 Å². The third-order valence-corrected chi connectivity index (χ3v) is 1.30. The molecule has 2 N–H and O–H groups in total. The molecule has 12 heavy (non-hydrogen) atoms. The minimum atomic E-state index is 0. The van der Waals surface area contributed by atoms with E-state index in [-0.39, 0.29) is 17.8 Å². The van der Waals surface area contributed by atoms with Gasteiger partial charge in [0, 0.05) is 12.7 Å². The predicted octanol–water partition coefficient (Wildman–Crippen LogP) is 1.93. The van der Waals surface area contributed by atoms with E-state index >= 15 is 0 Å². The second-order valence-electron chi connectivity index (χ2n) is 4.00. The third-order valence-electron chi connectivity index (χ3n) is 1.30. The molecule has 0 spiro atoms. The van der Waals surface area contributed by atoms with Crippen LogP contribution in [0.5, 0.6) is 0 Å². The summed E-state index contributed by atoms with van der Waals surface area (Å²) in [5, 5.41) is 4.09. The fourth-order valence-corrected chi connectivity index (χ4v) is 0.951. The first-order valence-corrected chi connectivity index (χ1v) is 3.76. The van der Waals surface area contributed by atoms with Crippen molar-refractivity contribution in [1.82, 2.24) is 9.78 Å². The van der Waals surface area contributed by atoms with Gasteiger partial charge in [-0.15, -0.1) is 12.4 Å². The van der Waals surface area contributed by atoms with Gasteiger partial charge in [0.05, 0.1) is 0 Å². The van der Waals surface area contributed by atoms with E-state index in [9.17, 15) is 0 Å². The van der Waals surface area contributed by atoms with Gasteiger partial charge in [-0.2, -0.15) is 5.10 Å². The van der Waals surface area contributed by atoms with Gasteiger partial charge in [-0.25, -0.2) is 0 Å². The number of anilines is 1. The summed E-state index contributed by atoms with van der Waals surface area (Å²) in [7, 11) is 0. The lowest BCUT2D eigenvalue weighted by atomic mass is 9.97. The molecule has 4 heteroatoms. The maximum absolute atomic E-state index is 5.47. The van der Waals surface area contributed by atoms with Crippen molar-refractivity contribution < 1.29 is 0 Å². The Labute approximate surface area is 79.4 Å². The van der Waals surface area contributed by atoms with Gasteiger partial charge in [-0.3, -0.25) is 4.68 Å². The Bertz CT molecular complexity index is 237. The van der Waals surface area contributed by atoms with E-state index < -0.39 is 0 Å². The average molecular weight is 190 g/mol. The van der Waals surface area contributed by atoms with Gasteiger partial charge in [0.1, 0.15) is 5.82 Å². The van der Waals surface area contributed by atoms with Crippen LogP contribution in [-0.2, 0) is 6.54 Å². The summed E-state index contributed by atoms with van der Waals surface area (Å²) in [6.45, 7) is 7.42. The highest BCUT2D eigenvalue weighted by Gasteiger charge is 2.10. The predicted molar refractivity (Wildman–Crippen MR) is 53.3 cm³/mol. The number of nitrogens with two attached hydrogens (primary N) is 1. The van der Waals surface area contributed by atoms with Gasteiger partial charge in [-0.1, -0.05) is 20.8 Å². The summed E-state index contributed by atoms with van der Waals surface area (Å²) >= 11 is 0. The summed E-state index contributed by atoms with van der Waals surface area (Å²) in [6.07, 6.45) is 1.90. The SMILES string of the molecule is CC(C)(C)Cn1ccc(N)n1.Cl. The maximum Gasteiger partial charge on any atom is 0.145 e. The Balaban J connectivity index is 0.00000121. The van der Waals surface area contributed by atoms with Crippen LogP contribution in [0.15, 0.2) is 12.3 Å². The van der Waals surface area contributed by atoms with Crippen molar-refractivity contribution in [3.63, 3.8) is 0 Å². The van der Waals surface area contributed by atoms with Crippen molar-refractivity contribution >= 4 is 18.2 Å². The standard InChI is InChI=1S/C8H15N3.ClH/c1-8(2,3)6-11-5-4-7(9)10-11;/h4-5H,6H2,1-3H3,(H2,9,10);1H. The zero-order valence-electron chi connectivity index (χ0n) is 7.74. The third kappa shape index (κ3) is 3.62. The van der Waals surface area contributed by atoms with E-state index in [0.717, 1.165) is 6.54 Å². The molecule has 1 heterocycles. The summed E-state index contributed by atoms with van der Waals surface area (Å²) in [5.41, 5.74) is 5.73. The lowest BCUT2D eigenvalue weighted by Crippen LogP contribution is -2.15. The number of nitrogens with zero attached hydrogens (tertiary/aromatic N) is 2.